The van der Waals surface area contributed by atoms with E-state index in [1.54, 1.807) is 17.1 Å². The van der Waals surface area contributed by atoms with Gasteiger partial charge in [-0.25, -0.2) is 4.68 Å². The molecule has 0 saturated carbocycles. The number of anilines is 1. The van der Waals surface area contributed by atoms with Gasteiger partial charge in [0.1, 0.15) is 0 Å². The normalized spacial score (nSPS) is 11.1. The third kappa shape index (κ3) is 4.14. The Labute approximate surface area is 130 Å². The first kappa shape index (κ1) is 15.7. The van der Waals surface area contributed by atoms with E-state index in [0.717, 1.165) is 13.0 Å². The molecule has 2 rings (SSSR count). The molecule has 2 aromatic heterocycles. The Morgan fingerprint density at radius 1 is 1.24 bits per heavy atom. The molecule has 2 heterocycles. The number of nitrogens with zero attached hydrogens (tertiary/aromatic N) is 6. The molecule has 0 amide bonds. The van der Waals surface area contributed by atoms with Gasteiger partial charge in [-0.3, -0.25) is 0 Å². The molecule has 0 aromatic carbocycles. The Hall–Kier alpha value is -1.69. The second kappa shape index (κ2) is 7.36. The maximum absolute atomic E-state index is 6.05. The van der Waals surface area contributed by atoms with Gasteiger partial charge in [0.2, 0.25) is 11.2 Å². The first-order valence-electron chi connectivity index (χ1n) is 7.30. The Morgan fingerprint density at radius 2 is 2.05 bits per heavy atom. The molecule has 0 unspecified atom stereocenters. The van der Waals surface area contributed by atoms with Crippen LogP contribution in [0.4, 0.5) is 5.95 Å². The molecule has 0 spiro atoms. The molecule has 7 heteroatoms. The summed E-state index contributed by atoms with van der Waals surface area (Å²) in [6, 6.07) is 2.12. The highest BCUT2D eigenvalue weighted by molar-refractivity contribution is 6.28. The van der Waals surface area contributed by atoms with Crippen molar-refractivity contribution in [3.63, 3.8) is 0 Å². The summed E-state index contributed by atoms with van der Waals surface area (Å²) in [5.74, 6) is 1.04. The maximum Gasteiger partial charge on any atom is 0.256 e. The van der Waals surface area contributed by atoms with Gasteiger partial charge in [0, 0.05) is 25.0 Å². The van der Waals surface area contributed by atoms with Crippen LogP contribution in [0.25, 0.3) is 5.95 Å². The van der Waals surface area contributed by atoms with E-state index in [9.17, 15) is 0 Å². The number of unbranched alkanes of at least 4 members (excludes halogenated alkanes) is 2. The fourth-order valence-electron chi connectivity index (χ4n) is 2.07. The van der Waals surface area contributed by atoms with Crippen LogP contribution in [0.1, 0.15) is 40.0 Å². The molecule has 0 radical (unpaired) electrons. The van der Waals surface area contributed by atoms with Gasteiger partial charge in [0.05, 0.1) is 0 Å². The van der Waals surface area contributed by atoms with Crippen molar-refractivity contribution < 1.29 is 0 Å². The summed E-state index contributed by atoms with van der Waals surface area (Å²) in [4.78, 5) is 15.0. The summed E-state index contributed by atoms with van der Waals surface area (Å²) in [7, 11) is 0. The minimum atomic E-state index is 0.187. The lowest BCUT2D eigenvalue weighted by Gasteiger charge is -2.26. The second-order valence-electron chi connectivity index (χ2n) is 5.15. The van der Waals surface area contributed by atoms with Crippen molar-refractivity contribution >= 4 is 17.5 Å². The van der Waals surface area contributed by atoms with Crippen LogP contribution in [0.2, 0.25) is 5.28 Å². The molecule has 0 aliphatic heterocycles. The van der Waals surface area contributed by atoms with Gasteiger partial charge in [0.25, 0.3) is 5.95 Å². The highest BCUT2D eigenvalue weighted by Gasteiger charge is 2.16. The topological polar surface area (TPSA) is 59.7 Å². The molecule has 0 saturated heterocycles. The van der Waals surface area contributed by atoms with Crippen molar-refractivity contribution in [2.75, 3.05) is 11.4 Å². The minimum absolute atomic E-state index is 0.187. The molecule has 6 nitrogen and oxygen atoms in total. The molecule has 0 atom stereocenters. The number of hydrogen-bond acceptors (Lipinski definition) is 5. The molecule has 21 heavy (non-hydrogen) atoms. The molecule has 0 N–H and O–H groups in total. The van der Waals surface area contributed by atoms with Crippen molar-refractivity contribution in [1.29, 1.82) is 0 Å². The molecule has 0 aliphatic rings. The highest BCUT2D eigenvalue weighted by atomic mass is 35.5. The predicted molar refractivity (Wildman–Crippen MR) is 84.0 cm³/mol. The Bertz CT molecular complexity index is 555. The van der Waals surface area contributed by atoms with E-state index in [-0.39, 0.29) is 5.28 Å². The standard InChI is InChI=1S/C14H21ClN6/c1-4-5-6-9-20(11(2)3)13-17-12(15)18-14(19-13)21-10-7-8-16-21/h7-8,10-11H,4-6,9H2,1-3H3. The van der Waals surface area contributed by atoms with Gasteiger partial charge >= 0.3 is 0 Å². The molecule has 0 fully saturated rings. The minimum Gasteiger partial charge on any atom is -0.338 e. The molecule has 2 aromatic rings. The first-order valence-corrected chi connectivity index (χ1v) is 7.68. The second-order valence-corrected chi connectivity index (χ2v) is 5.49. The molecular weight excluding hydrogens is 288 g/mol. The Morgan fingerprint density at radius 3 is 2.67 bits per heavy atom. The zero-order valence-corrected chi connectivity index (χ0v) is 13.5. The molecule has 0 bridgehead atoms. The van der Waals surface area contributed by atoms with E-state index in [0.29, 0.717) is 17.9 Å². The Kier molecular flexibility index (Phi) is 5.50. The van der Waals surface area contributed by atoms with E-state index in [4.69, 9.17) is 11.6 Å². The summed E-state index contributed by atoms with van der Waals surface area (Å²) in [6.45, 7) is 7.34. The number of aromatic nitrogens is 5. The number of hydrogen-bond donors (Lipinski definition) is 0. The summed E-state index contributed by atoms with van der Waals surface area (Å²) in [6.07, 6.45) is 6.94. The van der Waals surface area contributed by atoms with Crippen LogP contribution in [-0.4, -0.2) is 37.3 Å². The van der Waals surface area contributed by atoms with E-state index < -0.39 is 0 Å². The predicted octanol–water partition coefficient (Wildman–Crippen LogP) is 3.12. The van der Waals surface area contributed by atoms with Crippen LogP contribution < -0.4 is 4.90 Å². The van der Waals surface area contributed by atoms with Gasteiger partial charge in [-0.15, -0.1) is 0 Å². The lowest BCUT2D eigenvalue weighted by atomic mass is 10.2. The molecule has 114 valence electrons. The smallest absolute Gasteiger partial charge is 0.256 e. The van der Waals surface area contributed by atoms with Crippen LogP contribution in [0.3, 0.4) is 0 Å². The summed E-state index contributed by atoms with van der Waals surface area (Å²) in [5, 5.41) is 4.32. The Balaban J connectivity index is 2.27. The molecular formula is C14H21ClN6. The van der Waals surface area contributed by atoms with Gasteiger partial charge in [-0.1, -0.05) is 19.8 Å². The molecule has 0 aliphatic carbocycles. The van der Waals surface area contributed by atoms with Gasteiger partial charge in [-0.2, -0.15) is 20.1 Å². The van der Waals surface area contributed by atoms with Crippen molar-refractivity contribution in [2.24, 2.45) is 0 Å². The third-order valence-corrected chi connectivity index (χ3v) is 3.35. The van der Waals surface area contributed by atoms with E-state index in [2.05, 4.69) is 45.7 Å². The van der Waals surface area contributed by atoms with Crippen molar-refractivity contribution in [3.8, 4) is 5.95 Å². The fraction of sp³-hybridized carbons (Fsp3) is 0.571. The first-order chi connectivity index (χ1) is 10.1. The zero-order chi connectivity index (χ0) is 15.2. The zero-order valence-electron chi connectivity index (χ0n) is 12.7. The lowest BCUT2D eigenvalue weighted by Crippen LogP contribution is -2.33. The highest BCUT2D eigenvalue weighted by Crippen LogP contribution is 2.16. The summed E-state index contributed by atoms with van der Waals surface area (Å²) in [5.41, 5.74) is 0. The van der Waals surface area contributed by atoms with Crippen molar-refractivity contribution in [1.82, 2.24) is 24.7 Å². The largest absolute Gasteiger partial charge is 0.338 e. The van der Waals surface area contributed by atoms with Crippen LogP contribution in [-0.2, 0) is 0 Å². The third-order valence-electron chi connectivity index (χ3n) is 3.18. The average molecular weight is 309 g/mol. The summed E-state index contributed by atoms with van der Waals surface area (Å²) >= 11 is 6.05. The fourth-order valence-corrected chi connectivity index (χ4v) is 2.22. The average Bonchev–Trinajstić information content (AvgIpc) is 2.96. The van der Waals surface area contributed by atoms with E-state index in [1.807, 2.05) is 6.07 Å². The number of halogens is 1. The van der Waals surface area contributed by atoms with Crippen molar-refractivity contribution in [2.45, 2.75) is 46.1 Å². The quantitative estimate of drug-likeness (QED) is 0.736. The monoisotopic (exact) mass is 308 g/mol. The SMILES string of the molecule is CCCCCN(c1nc(Cl)nc(-n2cccn2)n1)C(C)C. The van der Waals surface area contributed by atoms with E-state index >= 15 is 0 Å². The van der Waals surface area contributed by atoms with E-state index in [1.165, 1.54) is 12.8 Å². The number of rotatable bonds is 7. The summed E-state index contributed by atoms with van der Waals surface area (Å²) < 4.78 is 1.58. The van der Waals surface area contributed by atoms with Crippen LogP contribution in [0.5, 0.6) is 0 Å². The van der Waals surface area contributed by atoms with Crippen LogP contribution >= 0.6 is 11.6 Å². The van der Waals surface area contributed by atoms with Crippen molar-refractivity contribution in [3.05, 3.63) is 23.7 Å². The van der Waals surface area contributed by atoms with Crippen LogP contribution in [0, 0.1) is 0 Å². The maximum atomic E-state index is 6.05. The van der Waals surface area contributed by atoms with Gasteiger partial charge in [0.15, 0.2) is 0 Å². The van der Waals surface area contributed by atoms with Gasteiger partial charge < -0.3 is 4.90 Å². The van der Waals surface area contributed by atoms with Gasteiger partial charge in [-0.05, 0) is 37.9 Å². The lowest BCUT2D eigenvalue weighted by molar-refractivity contribution is 0.608. The van der Waals surface area contributed by atoms with Crippen LogP contribution in [0.15, 0.2) is 18.5 Å².